The fourth-order valence-corrected chi connectivity index (χ4v) is 2.18. The smallest absolute Gasteiger partial charge is 0.123 e. The van der Waals surface area contributed by atoms with Crippen molar-refractivity contribution in [3.63, 3.8) is 0 Å². The molecule has 2 aromatic heterocycles. The molecule has 4 heteroatoms. The number of nitrogens with zero attached hydrogens (tertiary/aromatic N) is 3. The van der Waals surface area contributed by atoms with E-state index < -0.39 is 0 Å². The molecule has 0 N–H and O–H groups in total. The SMILES string of the molecule is Cc1cc(-c2ccc(F)cc2)n(Cc2cccnc2)n1. The van der Waals surface area contributed by atoms with Gasteiger partial charge < -0.3 is 0 Å². The summed E-state index contributed by atoms with van der Waals surface area (Å²) in [4.78, 5) is 4.11. The molecule has 20 heavy (non-hydrogen) atoms. The molecular weight excluding hydrogens is 253 g/mol. The van der Waals surface area contributed by atoms with Crippen LogP contribution in [0.3, 0.4) is 0 Å². The number of rotatable bonds is 3. The van der Waals surface area contributed by atoms with E-state index in [4.69, 9.17) is 0 Å². The van der Waals surface area contributed by atoms with Crippen molar-refractivity contribution in [2.75, 3.05) is 0 Å². The quantitative estimate of drug-likeness (QED) is 0.727. The number of halogens is 1. The van der Waals surface area contributed by atoms with E-state index in [0.29, 0.717) is 6.54 Å². The summed E-state index contributed by atoms with van der Waals surface area (Å²) in [5, 5.41) is 4.50. The largest absolute Gasteiger partial charge is 0.264 e. The highest BCUT2D eigenvalue weighted by atomic mass is 19.1. The molecule has 0 amide bonds. The molecule has 0 fully saturated rings. The zero-order valence-electron chi connectivity index (χ0n) is 11.1. The average Bonchev–Trinajstić information content (AvgIpc) is 2.81. The molecule has 0 aliphatic heterocycles. The third-order valence-corrected chi connectivity index (χ3v) is 3.10. The molecule has 0 spiro atoms. The van der Waals surface area contributed by atoms with Crippen LogP contribution >= 0.6 is 0 Å². The van der Waals surface area contributed by atoms with Gasteiger partial charge in [0.15, 0.2) is 0 Å². The first-order valence-corrected chi connectivity index (χ1v) is 6.42. The van der Waals surface area contributed by atoms with Crippen LogP contribution in [0.15, 0.2) is 54.9 Å². The lowest BCUT2D eigenvalue weighted by Crippen LogP contribution is -2.04. The van der Waals surface area contributed by atoms with Gasteiger partial charge in [0.25, 0.3) is 0 Å². The van der Waals surface area contributed by atoms with Crippen molar-refractivity contribution >= 4 is 0 Å². The summed E-state index contributed by atoms with van der Waals surface area (Å²) in [6.45, 7) is 2.60. The van der Waals surface area contributed by atoms with Gasteiger partial charge in [0.1, 0.15) is 5.82 Å². The summed E-state index contributed by atoms with van der Waals surface area (Å²) in [6, 6.07) is 12.4. The molecule has 0 aliphatic carbocycles. The van der Waals surface area contributed by atoms with E-state index in [9.17, 15) is 4.39 Å². The second-order valence-corrected chi connectivity index (χ2v) is 4.70. The maximum Gasteiger partial charge on any atom is 0.123 e. The minimum absolute atomic E-state index is 0.233. The maximum atomic E-state index is 13.0. The summed E-state index contributed by atoms with van der Waals surface area (Å²) in [5.74, 6) is -0.233. The highest BCUT2D eigenvalue weighted by molar-refractivity contribution is 5.60. The van der Waals surface area contributed by atoms with E-state index in [1.54, 1.807) is 18.3 Å². The van der Waals surface area contributed by atoms with Crippen molar-refractivity contribution in [1.82, 2.24) is 14.8 Å². The lowest BCUT2D eigenvalue weighted by atomic mass is 10.1. The highest BCUT2D eigenvalue weighted by Gasteiger charge is 2.08. The molecule has 0 saturated carbocycles. The predicted molar refractivity (Wildman–Crippen MR) is 75.7 cm³/mol. The predicted octanol–water partition coefficient (Wildman–Crippen LogP) is 3.44. The summed E-state index contributed by atoms with van der Waals surface area (Å²) in [7, 11) is 0. The van der Waals surface area contributed by atoms with Crippen LogP contribution in [0.4, 0.5) is 4.39 Å². The number of hydrogen-bond acceptors (Lipinski definition) is 2. The van der Waals surface area contributed by atoms with Crippen molar-refractivity contribution in [3.8, 4) is 11.3 Å². The van der Waals surface area contributed by atoms with Crippen molar-refractivity contribution in [3.05, 3.63) is 71.9 Å². The van der Waals surface area contributed by atoms with Crippen LogP contribution in [0.1, 0.15) is 11.3 Å². The van der Waals surface area contributed by atoms with Gasteiger partial charge in [-0.15, -0.1) is 0 Å². The average molecular weight is 267 g/mol. The van der Waals surface area contributed by atoms with E-state index in [1.807, 2.05) is 36.0 Å². The van der Waals surface area contributed by atoms with Gasteiger partial charge in [-0.25, -0.2) is 4.39 Å². The Kier molecular flexibility index (Phi) is 3.29. The van der Waals surface area contributed by atoms with Crippen molar-refractivity contribution in [2.45, 2.75) is 13.5 Å². The van der Waals surface area contributed by atoms with Crippen molar-refractivity contribution in [2.24, 2.45) is 0 Å². The van der Waals surface area contributed by atoms with Crippen LogP contribution in [0.25, 0.3) is 11.3 Å². The van der Waals surface area contributed by atoms with Gasteiger partial charge in [0, 0.05) is 18.0 Å². The molecule has 0 aliphatic rings. The highest BCUT2D eigenvalue weighted by Crippen LogP contribution is 2.21. The normalized spacial score (nSPS) is 10.7. The Bertz CT molecular complexity index is 702. The molecule has 0 radical (unpaired) electrons. The van der Waals surface area contributed by atoms with Gasteiger partial charge in [-0.2, -0.15) is 5.10 Å². The molecule has 3 nitrogen and oxygen atoms in total. The Morgan fingerprint density at radius 1 is 1.15 bits per heavy atom. The summed E-state index contributed by atoms with van der Waals surface area (Å²) in [5.41, 5.74) is 3.95. The van der Waals surface area contributed by atoms with Crippen molar-refractivity contribution < 1.29 is 4.39 Å². The molecular formula is C16H14FN3. The number of aromatic nitrogens is 3. The zero-order valence-corrected chi connectivity index (χ0v) is 11.1. The number of pyridine rings is 1. The van der Waals surface area contributed by atoms with Crippen LogP contribution in [-0.2, 0) is 6.54 Å². The van der Waals surface area contributed by atoms with Crippen LogP contribution < -0.4 is 0 Å². The van der Waals surface area contributed by atoms with Gasteiger partial charge >= 0.3 is 0 Å². The molecule has 0 bridgehead atoms. The van der Waals surface area contributed by atoms with E-state index in [0.717, 1.165) is 22.5 Å². The Morgan fingerprint density at radius 2 is 1.95 bits per heavy atom. The lowest BCUT2D eigenvalue weighted by Gasteiger charge is -2.07. The maximum absolute atomic E-state index is 13.0. The first-order chi connectivity index (χ1) is 9.72. The van der Waals surface area contributed by atoms with Crippen LogP contribution in [0.5, 0.6) is 0 Å². The van der Waals surface area contributed by atoms with Crippen LogP contribution in [0, 0.1) is 12.7 Å². The molecule has 0 atom stereocenters. The standard InChI is InChI=1S/C16H14FN3/c1-12-9-16(14-4-6-15(17)7-5-14)20(19-12)11-13-3-2-8-18-10-13/h2-10H,11H2,1H3. The molecule has 0 saturated heterocycles. The van der Waals surface area contributed by atoms with Gasteiger partial charge in [0.2, 0.25) is 0 Å². The monoisotopic (exact) mass is 267 g/mol. The minimum atomic E-state index is -0.233. The Balaban J connectivity index is 1.98. The first kappa shape index (κ1) is 12.5. The second-order valence-electron chi connectivity index (χ2n) is 4.70. The molecule has 3 aromatic rings. The minimum Gasteiger partial charge on any atom is -0.264 e. The van der Waals surface area contributed by atoms with Gasteiger partial charge in [-0.05, 0) is 48.9 Å². The fraction of sp³-hybridized carbons (Fsp3) is 0.125. The van der Waals surface area contributed by atoms with E-state index >= 15 is 0 Å². The van der Waals surface area contributed by atoms with E-state index in [1.165, 1.54) is 12.1 Å². The molecule has 3 rings (SSSR count). The molecule has 2 heterocycles. The number of hydrogen-bond donors (Lipinski definition) is 0. The summed E-state index contributed by atoms with van der Waals surface area (Å²) in [6.07, 6.45) is 3.57. The molecule has 1 aromatic carbocycles. The molecule has 0 unspecified atom stereocenters. The third-order valence-electron chi connectivity index (χ3n) is 3.10. The zero-order chi connectivity index (χ0) is 13.9. The summed E-state index contributed by atoms with van der Waals surface area (Å²) >= 11 is 0. The second kappa shape index (κ2) is 5.25. The van der Waals surface area contributed by atoms with E-state index in [2.05, 4.69) is 10.1 Å². The Hall–Kier alpha value is -2.49. The topological polar surface area (TPSA) is 30.7 Å². The van der Waals surface area contributed by atoms with Crippen molar-refractivity contribution in [1.29, 1.82) is 0 Å². The Morgan fingerprint density at radius 3 is 2.65 bits per heavy atom. The van der Waals surface area contributed by atoms with Gasteiger partial charge in [-0.3, -0.25) is 9.67 Å². The fourth-order valence-electron chi connectivity index (χ4n) is 2.18. The van der Waals surface area contributed by atoms with Gasteiger partial charge in [-0.1, -0.05) is 6.07 Å². The molecule has 100 valence electrons. The lowest BCUT2D eigenvalue weighted by molar-refractivity contribution is 0.627. The van der Waals surface area contributed by atoms with E-state index in [-0.39, 0.29) is 5.82 Å². The summed E-state index contributed by atoms with van der Waals surface area (Å²) < 4.78 is 14.9. The number of aryl methyl sites for hydroxylation is 1. The van der Waals surface area contributed by atoms with Gasteiger partial charge in [0.05, 0.1) is 17.9 Å². The van der Waals surface area contributed by atoms with Crippen LogP contribution in [0.2, 0.25) is 0 Å². The number of benzene rings is 1. The third kappa shape index (κ3) is 2.59. The van der Waals surface area contributed by atoms with Crippen LogP contribution in [-0.4, -0.2) is 14.8 Å². The Labute approximate surface area is 116 Å². The first-order valence-electron chi connectivity index (χ1n) is 6.42.